The number of rotatable bonds is 4. The van der Waals surface area contributed by atoms with Gasteiger partial charge in [0, 0.05) is 34.3 Å². The Morgan fingerprint density at radius 1 is 1.00 bits per heavy atom. The van der Waals surface area contributed by atoms with E-state index in [9.17, 15) is 9.90 Å². The SMILES string of the molecule is Cc1c(NC(=O)C(C)N)cc(O)cc1Nc1c2ccccc2nc2ccccc12. The normalized spacial score (nSPS) is 12.1. The third-order valence-electron chi connectivity index (χ3n) is 4.91. The molecule has 4 rings (SSSR count). The highest BCUT2D eigenvalue weighted by atomic mass is 16.3. The second kappa shape index (κ2) is 7.41. The highest BCUT2D eigenvalue weighted by Gasteiger charge is 2.15. The molecule has 5 N–H and O–H groups in total. The molecular formula is C23H22N4O2. The van der Waals surface area contributed by atoms with Crippen molar-refractivity contribution in [2.75, 3.05) is 10.6 Å². The van der Waals surface area contributed by atoms with E-state index in [0.717, 1.165) is 33.1 Å². The summed E-state index contributed by atoms with van der Waals surface area (Å²) in [4.78, 5) is 16.8. The van der Waals surface area contributed by atoms with Gasteiger partial charge in [-0.1, -0.05) is 36.4 Å². The minimum absolute atomic E-state index is 0.0424. The van der Waals surface area contributed by atoms with Gasteiger partial charge in [0.1, 0.15) is 5.75 Å². The van der Waals surface area contributed by atoms with Crippen LogP contribution in [0.15, 0.2) is 60.7 Å². The van der Waals surface area contributed by atoms with Crippen molar-refractivity contribution < 1.29 is 9.90 Å². The summed E-state index contributed by atoms with van der Waals surface area (Å²) in [7, 11) is 0. The summed E-state index contributed by atoms with van der Waals surface area (Å²) in [5, 5.41) is 18.4. The predicted molar refractivity (Wildman–Crippen MR) is 118 cm³/mol. The Kier molecular flexibility index (Phi) is 4.78. The van der Waals surface area contributed by atoms with Gasteiger partial charge in [0.2, 0.25) is 5.91 Å². The fourth-order valence-corrected chi connectivity index (χ4v) is 3.31. The molecule has 0 aliphatic carbocycles. The number of hydrogen-bond donors (Lipinski definition) is 4. The summed E-state index contributed by atoms with van der Waals surface area (Å²) in [6.45, 7) is 3.49. The minimum atomic E-state index is -0.652. The van der Waals surface area contributed by atoms with Crippen LogP contribution in [0.25, 0.3) is 21.8 Å². The Bertz CT molecular complexity index is 1180. The summed E-state index contributed by atoms with van der Waals surface area (Å²) >= 11 is 0. The van der Waals surface area contributed by atoms with E-state index in [1.54, 1.807) is 13.0 Å². The fourth-order valence-electron chi connectivity index (χ4n) is 3.31. The van der Waals surface area contributed by atoms with Gasteiger partial charge < -0.3 is 21.5 Å². The van der Waals surface area contributed by atoms with Crippen LogP contribution in [0, 0.1) is 6.92 Å². The Balaban J connectivity index is 1.86. The number of carbonyl (C=O) groups excluding carboxylic acids is 1. The van der Waals surface area contributed by atoms with Gasteiger partial charge in [0.15, 0.2) is 0 Å². The molecule has 1 amide bonds. The molecule has 1 aromatic heterocycles. The molecule has 1 unspecified atom stereocenters. The molecule has 0 spiro atoms. The zero-order valence-corrected chi connectivity index (χ0v) is 16.2. The zero-order valence-electron chi connectivity index (χ0n) is 16.2. The molecule has 6 nitrogen and oxygen atoms in total. The van der Waals surface area contributed by atoms with Gasteiger partial charge in [-0.2, -0.15) is 0 Å². The molecule has 0 saturated heterocycles. The molecule has 1 atom stereocenters. The Morgan fingerprint density at radius 3 is 2.14 bits per heavy atom. The molecule has 146 valence electrons. The third kappa shape index (κ3) is 3.58. The van der Waals surface area contributed by atoms with Crippen molar-refractivity contribution in [2.45, 2.75) is 19.9 Å². The number of nitrogens with zero attached hydrogens (tertiary/aromatic N) is 1. The van der Waals surface area contributed by atoms with E-state index in [4.69, 9.17) is 10.7 Å². The van der Waals surface area contributed by atoms with Crippen LogP contribution in [0.2, 0.25) is 0 Å². The lowest BCUT2D eigenvalue weighted by molar-refractivity contribution is -0.117. The van der Waals surface area contributed by atoms with Crippen LogP contribution in [-0.2, 0) is 4.79 Å². The number of aromatic nitrogens is 1. The highest BCUT2D eigenvalue weighted by Crippen LogP contribution is 2.37. The topological polar surface area (TPSA) is 100 Å². The predicted octanol–water partition coefficient (Wildman–Crippen LogP) is 4.43. The van der Waals surface area contributed by atoms with Crippen molar-refractivity contribution in [3.05, 3.63) is 66.2 Å². The highest BCUT2D eigenvalue weighted by molar-refractivity contribution is 6.09. The van der Waals surface area contributed by atoms with Crippen LogP contribution in [0.3, 0.4) is 0 Å². The van der Waals surface area contributed by atoms with E-state index >= 15 is 0 Å². The number of pyridine rings is 1. The van der Waals surface area contributed by atoms with E-state index in [0.29, 0.717) is 11.4 Å². The maximum atomic E-state index is 12.0. The number of amides is 1. The largest absolute Gasteiger partial charge is 0.508 e. The molecule has 0 bridgehead atoms. The first-order valence-electron chi connectivity index (χ1n) is 9.38. The van der Waals surface area contributed by atoms with Gasteiger partial charge in [-0.3, -0.25) is 4.79 Å². The van der Waals surface area contributed by atoms with Crippen LogP contribution < -0.4 is 16.4 Å². The molecule has 0 aliphatic rings. The van der Waals surface area contributed by atoms with Gasteiger partial charge >= 0.3 is 0 Å². The number of benzene rings is 3. The van der Waals surface area contributed by atoms with E-state index in [1.807, 2.05) is 55.5 Å². The Labute approximate surface area is 168 Å². The molecule has 3 aromatic carbocycles. The molecule has 4 aromatic rings. The first kappa shape index (κ1) is 18.7. The first-order chi connectivity index (χ1) is 13.9. The van der Waals surface area contributed by atoms with Crippen LogP contribution in [0.1, 0.15) is 12.5 Å². The van der Waals surface area contributed by atoms with Crippen molar-refractivity contribution >= 4 is 44.8 Å². The number of anilines is 3. The van der Waals surface area contributed by atoms with E-state index in [2.05, 4.69) is 10.6 Å². The summed E-state index contributed by atoms with van der Waals surface area (Å²) in [5.74, 6) is -0.273. The summed E-state index contributed by atoms with van der Waals surface area (Å²) < 4.78 is 0. The van der Waals surface area contributed by atoms with Crippen molar-refractivity contribution in [3.63, 3.8) is 0 Å². The first-order valence-corrected chi connectivity index (χ1v) is 9.38. The Hall–Kier alpha value is -3.64. The summed E-state index contributed by atoms with van der Waals surface area (Å²) in [6.07, 6.45) is 0. The van der Waals surface area contributed by atoms with E-state index < -0.39 is 6.04 Å². The molecule has 0 aliphatic heterocycles. The van der Waals surface area contributed by atoms with Crippen LogP contribution >= 0.6 is 0 Å². The lowest BCUT2D eigenvalue weighted by atomic mass is 10.1. The number of carbonyl (C=O) groups is 1. The maximum absolute atomic E-state index is 12.0. The molecule has 6 heteroatoms. The summed E-state index contributed by atoms with van der Waals surface area (Å²) in [5.41, 5.74) is 10.3. The average Bonchev–Trinajstić information content (AvgIpc) is 2.71. The number of hydrogen-bond acceptors (Lipinski definition) is 5. The lowest BCUT2D eigenvalue weighted by Crippen LogP contribution is -2.32. The van der Waals surface area contributed by atoms with E-state index in [1.165, 1.54) is 6.07 Å². The van der Waals surface area contributed by atoms with Gasteiger partial charge in [-0.25, -0.2) is 4.98 Å². The quantitative estimate of drug-likeness (QED) is 0.389. The van der Waals surface area contributed by atoms with Gasteiger partial charge in [0.25, 0.3) is 0 Å². The van der Waals surface area contributed by atoms with Crippen molar-refractivity contribution in [1.29, 1.82) is 0 Å². The Morgan fingerprint density at radius 2 is 1.55 bits per heavy atom. The zero-order chi connectivity index (χ0) is 20.5. The van der Waals surface area contributed by atoms with Crippen molar-refractivity contribution in [2.24, 2.45) is 5.73 Å². The van der Waals surface area contributed by atoms with Crippen LogP contribution in [0.5, 0.6) is 5.75 Å². The maximum Gasteiger partial charge on any atom is 0.241 e. The number of nitrogens with one attached hydrogen (secondary N) is 2. The summed E-state index contributed by atoms with van der Waals surface area (Å²) in [6, 6.07) is 18.3. The second-order valence-corrected chi connectivity index (χ2v) is 7.09. The van der Waals surface area contributed by atoms with E-state index in [-0.39, 0.29) is 11.7 Å². The molecule has 1 heterocycles. The number of para-hydroxylation sites is 2. The molecule has 0 fully saturated rings. The monoisotopic (exact) mass is 386 g/mol. The molecule has 29 heavy (non-hydrogen) atoms. The van der Waals surface area contributed by atoms with Gasteiger partial charge in [-0.05, 0) is 31.5 Å². The molecule has 0 saturated carbocycles. The van der Waals surface area contributed by atoms with Gasteiger partial charge in [0.05, 0.1) is 22.8 Å². The number of phenols is 1. The van der Waals surface area contributed by atoms with Crippen molar-refractivity contribution in [1.82, 2.24) is 4.98 Å². The fraction of sp³-hybridized carbons (Fsp3) is 0.130. The van der Waals surface area contributed by atoms with Crippen LogP contribution in [0.4, 0.5) is 17.1 Å². The van der Waals surface area contributed by atoms with Crippen molar-refractivity contribution in [3.8, 4) is 5.75 Å². The lowest BCUT2D eigenvalue weighted by Gasteiger charge is -2.18. The smallest absolute Gasteiger partial charge is 0.241 e. The number of nitrogens with two attached hydrogens (primary N) is 1. The average molecular weight is 386 g/mol. The minimum Gasteiger partial charge on any atom is -0.508 e. The van der Waals surface area contributed by atoms with Crippen LogP contribution in [-0.4, -0.2) is 22.0 Å². The van der Waals surface area contributed by atoms with Gasteiger partial charge in [-0.15, -0.1) is 0 Å². The number of phenolic OH excluding ortho intramolecular Hbond substituents is 1. The number of aromatic hydroxyl groups is 1. The molecular weight excluding hydrogens is 364 g/mol. The molecule has 0 radical (unpaired) electrons. The second-order valence-electron chi connectivity index (χ2n) is 7.09. The number of fused-ring (bicyclic) bond motifs is 2. The standard InChI is InChI=1S/C23H22N4O2/c1-13-20(11-15(28)12-21(13)27-23(29)14(2)24)26-22-16-7-3-5-9-18(16)25-19-10-6-4-8-17(19)22/h3-12,14,28H,24H2,1-2H3,(H,25,26)(H,27,29). The third-order valence-corrected chi connectivity index (χ3v) is 4.91.